The lowest BCUT2D eigenvalue weighted by atomic mass is 10.0. The zero-order chi connectivity index (χ0) is 20.6. The van der Waals surface area contributed by atoms with Crippen LogP contribution in [0.3, 0.4) is 0 Å². The summed E-state index contributed by atoms with van der Waals surface area (Å²) in [6.45, 7) is 6.05. The van der Waals surface area contributed by atoms with Crippen molar-refractivity contribution >= 4 is 23.2 Å². The Labute approximate surface area is 175 Å². The third-order valence-corrected chi connectivity index (χ3v) is 6.47. The number of hydrogen-bond acceptors (Lipinski definition) is 3. The smallest absolute Gasteiger partial charge is 0.253 e. The maximum Gasteiger partial charge on any atom is 0.253 e. The number of nitrogens with zero attached hydrogens (tertiary/aromatic N) is 1. The normalized spacial score (nSPS) is 18.5. The van der Waals surface area contributed by atoms with Gasteiger partial charge in [-0.25, -0.2) is 0 Å². The van der Waals surface area contributed by atoms with Crippen LogP contribution in [0.15, 0.2) is 18.2 Å². The molecule has 2 aliphatic rings. The molecule has 2 fully saturated rings. The van der Waals surface area contributed by atoms with E-state index >= 15 is 0 Å². The maximum atomic E-state index is 13.0. The largest absolute Gasteiger partial charge is 0.371 e. The quantitative estimate of drug-likeness (QED) is 0.638. The molecule has 1 atom stereocenters. The van der Waals surface area contributed by atoms with E-state index in [2.05, 4.69) is 22.5 Å². The number of amides is 2. The standard InChI is InChI=1S/C24H37N3O2/c1-3-18(2)25-24(29)21-17-20(12-13-22(21)27-15-7-4-8-16-27)26-23(28)14-11-19-9-5-6-10-19/h12-13,17-19H,3-11,14-16H2,1-2H3,(H,25,29)(H,26,28)/t18-/m1/s1. The highest BCUT2D eigenvalue weighted by Gasteiger charge is 2.21. The molecule has 3 rings (SSSR count). The van der Waals surface area contributed by atoms with Gasteiger partial charge in [0.2, 0.25) is 5.91 Å². The summed E-state index contributed by atoms with van der Waals surface area (Å²) in [7, 11) is 0. The molecule has 1 aliphatic carbocycles. The molecule has 5 nitrogen and oxygen atoms in total. The monoisotopic (exact) mass is 399 g/mol. The number of hydrogen-bond donors (Lipinski definition) is 2. The first kappa shape index (κ1) is 21.7. The molecule has 0 bridgehead atoms. The molecule has 0 unspecified atom stereocenters. The lowest BCUT2D eigenvalue weighted by Crippen LogP contribution is -2.35. The van der Waals surface area contributed by atoms with E-state index in [0.29, 0.717) is 17.9 Å². The molecule has 160 valence electrons. The molecular weight excluding hydrogens is 362 g/mol. The van der Waals surface area contributed by atoms with Crippen LogP contribution in [0, 0.1) is 5.92 Å². The third kappa shape index (κ3) is 6.22. The minimum absolute atomic E-state index is 0.0518. The van der Waals surface area contributed by atoms with Gasteiger partial charge >= 0.3 is 0 Å². The van der Waals surface area contributed by atoms with E-state index in [1.165, 1.54) is 32.1 Å². The van der Waals surface area contributed by atoms with Crippen molar-refractivity contribution in [3.63, 3.8) is 0 Å². The van der Waals surface area contributed by atoms with Crippen molar-refractivity contribution < 1.29 is 9.59 Å². The Hall–Kier alpha value is -2.04. The number of benzene rings is 1. The van der Waals surface area contributed by atoms with Crippen molar-refractivity contribution in [2.75, 3.05) is 23.3 Å². The van der Waals surface area contributed by atoms with E-state index in [-0.39, 0.29) is 17.9 Å². The van der Waals surface area contributed by atoms with Crippen molar-refractivity contribution in [2.45, 2.75) is 84.1 Å². The molecule has 5 heteroatoms. The fourth-order valence-corrected chi connectivity index (χ4v) is 4.47. The highest BCUT2D eigenvalue weighted by molar-refractivity contribution is 6.02. The summed E-state index contributed by atoms with van der Waals surface area (Å²) < 4.78 is 0. The van der Waals surface area contributed by atoms with E-state index in [4.69, 9.17) is 0 Å². The Bertz CT molecular complexity index is 691. The molecule has 1 heterocycles. The highest BCUT2D eigenvalue weighted by Crippen LogP contribution is 2.30. The first-order valence-corrected chi connectivity index (χ1v) is 11.6. The Morgan fingerprint density at radius 3 is 2.52 bits per heavy atom. The number of nitrogens with one attached hydrogen (secondary N) is 2. The van der Waals surface area contributed by atoms with E-state index < -0.39 is 0 Å². The summed E-state index contributed by atoms with van der Waals surface area (Å²) in [6, 6.07) is 5.93. The first-order chi connectivity index (χ1) is 14.1. The van der Waals surface area contributed by atoms with Gasteiger partial charge in [-0.1, -0.05) is 32.6 Å². The van der Waals surface area contributed by atoms with Crippen LogP contribution in [0.25, 0.3) is 0 Å². The molecule has 2 amide bonds. The van der Waals surface area contributed by atoms with Gasteiger partial charge in [-0.2, -0.15) is 0 Å². The Morgan fingerprint density at radius 2 is 1.83 bits per heavy atom. The molecule has 1 aromatic carbocycles. The lowest BCUT2D eigenvalue weighted by Gasteiger charge is -2.31. The van der Waals surface area contributed by atoms with E-state index in [1.807, 2.05) is 25.1 Å². The van der Waals surface area contributed by atoms with Crippen LogP contribution in [0.4, 0.5) is 11.4 Å². The van der Waals surface area contributed by atoms with Gasteiger partial charge in [-0.3, -0.25) is 9.59 Å². The topological polar surface area (TPSA) is 61.4 Å². The van der Waals surface area contributed by atoms with Crippen molar-refractivity contribution in [1.29, 1.82) is 0 Å². The van der Waals surface area contributed by atoms with Crippen LogP contribution in [0.2, 0.25) is 0 Å². The van der Waals surface area contributed by atoms with Gasteiger partial charge in [-0.15, -0.1) is 0 Å². The number of rotatable bonds is 8. The van der Waals surface area contributed by atoms with Crippen LogP contribution in [-0.4, -0.2) is 30.9 Å². The minimum Gasteiger partial charge on any atom is -0.371 e. The Kier molecular flexibility index (Phi) is 7.96. The van der Waals surface area contributed by atoms with Crippen LogP contribution in [0.1, 0.15) is 88.4 Å². The van der Waals surface area contributed by atoms with Gasteiger partial charge in [0.15, 0.2) is 0 Å². The van der Waals surface area contributed by atoms with Crippen molar-refractivity contribution in [2.24, 2.45) is 5.92 Å². The molecule has 1 saturated heterocycles. The highest BCUT2D eigenvalue weighted by atomic mass is 16.2. The molecule has 1 aliphatic heterocycles. The third-order valence-electron chi connectivity index (χ3n) is 6.47. The molecular formula is C24H37N3O2. The molecule has 0 spiro atoms. The van der Waals surface area contributed by atoms with Crippen LogP contribution < -0.4 is 15.5 Å². The second kappa shape index (κ2) is 10.7. The van der Waals surface area contributed by atoms with Crippen molar-refractivity contribution in [3.05, 3.63) is 23.8 Å². The van der Waals surface area contributed by atoms with Gasteiger partial charge in [0.1, 0.15) is 0 Å². The summed E-state index contributed by atoms with van der Waals surface area (Å²) in [5, 5.41) is 6.11. The summed E-state index contributed by atoms with van der Waals surface area (Å²) in [5.74, 6) is 0.706. The van der Waals surface area contributed by atoms with Crippen LogP contribution >= 0.6 is 0 Å². The Morgan fingerprint density at radius 1 is 1.10 bits per heavy atom. The molecule has 29 heavy (non-hydrogen) atoms. The first-order valence-electron chi connectivity index (χ1n) is 11.6. The average Bonchev–Trinajstić information content (AvgIpc) is 3.26. The van der Waals surface area contributed by atoms with Gasteiger partial charge in [0, 0.05) is 36.9 Å². The predicted molar refractivity (Wildman–Crippen MR) is 120 cm³/mol. The number of piperidine rings is 1. The summed E-state index contributed by atoms with van der Waals surface area (Å²) in [6.07, 6.45) is 11.1. The second-order valence-electron chi connectivity index (χ2n) is 8.80. The number of carbonyl (C=O) groups excluding carboxylic acids is 2. The van der Waals surface area contributed by atoms with Crippen LogP contribution in [-0.2, 0) is 4.79 Å². The molecule has 1 saturated carbocycles. The average molecular weight is 400 g/mol. The summed E-state index contributed by atoms with van der Waals surface area (Å²) >= 11 is 0. The van der Waals surface area contributed by atoms with E-state index in [0.717, 1.165) is 50.1 Å². The zero-order valence-corrected chi connectivity index (χ0v) is 18.1. The number of carbonyl (C=O) groups is 2. The summed E-state index contributed by atoms with van der Waals surface area (Å²) in [4.78, 5) is 27.7. The fourth-order valence-electron chi connectivity index (χ4n) is 4.47. The minimum atomic E-state index is -0.0537. The predicted octanol–water partition coefficient (Wildman–Crippen LogP) is 5.11. The zero-order valence-electron chi connectivity index (χ0n) is 18.1. The van der Waals surface area contributed by atoms with E-state index in [9.17, 15) is 9.59 Å². The maximum absolute atomic E-state index is 13.0. The molecule has 1 aromatic rings. The number of anilines is 2. The van der Waals surface area contributed by atoms with Gasteiger partial charge in [0.05, 0.1) is 5.56 Å². The van der Waals surface area contributed by atoms with E-state index in [1.54, 1.807) is 0 Å². The lowest BCUT2D eigenvalue weighted by molar-refractivity contribution is -0.116. The molecule has 0 radical (unpaired) electrons. The summed E-state index contributed by atoms with van der Waals surface area (Å²) in [5.41, 5.74) is 2.37. The molecule has 2 N–H and O–H groups in total. The van der Waals surface area contributed by atoms with Gasteiger partial charge < -0.3 is 15.5 Å². The van der Waals surface area contributed by atoms with Crippen molar-refractivity contribution in [3.8, 4) is 0 Å². The van der Waals surface area contributed by atoms with Gasteiger partial charge in [-0.05, 0) is 63.1 Å². The SMILES string of the molecule is CC[C@@H](C)NC(=O)c1cc(NC(=O)CCC2CCCC2)ccc1N1CCCCC1. The Balaban J connectivity index is 1.71. The van der Waals surface area contributed by atoms with Gasteiger partial charge in [0.25, 0.3) is 5.91 Å². The second-order valence-corrected chi connectivity index (χ2v) is 8.80. The fraction of sp³-hybridized carbons (Fsp3) is 0.667. The molecule has 0 aromatic heterocycles. The van der Waals surface area contributed by atoms with Crippen molar-refractivity contribution in [1.82, 2.24) is 5.32 Å². The van der Waals surface area contributed by atoms with Crippen LogP contribution in [0.5, 0.6) is 0 Å².